The smallest absolute Gasteiger partial charge is 0.361 e. The van der Waals surface area contributed by atoms with Crippen molar-refractivity contribution in [3.63, 3.8) is 0 Å². The number of carbonyl (C=O) groups excluding carboxylic acids is 1. The minimum atomic E-state index is -0.586. The van der Waals surface area contributed by atoms with Crippen LogP contribution in [0.5, 0.6) is 11.5 Å². The molecule has 9 heteroatoms. The highest BCUT2D eigenvalue weighted by molar-refractivity contribution is 5.88. The molecule has 4 rings (SSSR count). The molecule has 2 aromatic heterocycles. The summed E-state index contributed by atoms with van der Waals surface area (Å²) in [6.07, 6.45) is 0.946. The summed E-state index contributed by atoms with van der Waals surface area (Å²) in [4.78, 5) is 17.2. The first kappa shape index (κ1) is 23.0. The third kappa shape index (κ3) is 4.36. The summed E-state index contributed by atoms with van der Waals surface area (Å²) < 4.78 is 23.7. The second-order valence-corrected chi connectivity index (χ2v) is 7.59. The zero-order chi connectivity index (χ0) is 24.2. The largest absolute Gasteiger partial charge is 0.493 e. The Morgan fingerprint density at radius 3 is 2.50 bits per heavy atom. The van der Waals surface area contributed by atoms with E-state index in [9.17, 15) is 4.79 Å². The van der Waals surface area contributed by atoms with Gasteiger partial charge in [0.15, 0.2) is 17.2 Å². The number of aryl methyl sites for hydroxylation is 2. The van der Waals surface area contributed by atoms with Gasteiger partial charge in [0.2, 0.25) is 5.89 Å². The summed E-state index contributed by atoms with van der Waals surface area (Å²) in [6.45, 7) is 5.56. The van der Waals surface area contributed by atoms with Crippen LogP contribution in [0.3, 0.4) is 0 Å². The molecule has 176 valence electrons. The summed E-state index contributed by atoms with van der Waals surface area (Å²) in [7, 11) is 3.11. The van der Waals surface area contributed by atoms with E-state index in [0.29, 0.717) is 40.1 Å². The Balaban J connectivity index is 1.50. The number of methoxy groups -OCH3 is 2. The fraction of sp³-hybridized carbons (Fsp3) is 0.280. The molecule has 0 aliphatic rings. The number of esters is 1. The molecular weight excluding hydrogens is 436 g/mol. The number of oxazole rings is 1. The van der Waals surface area contributed by atoms with Gasteiger partial charge < -0.3 is 18.6 Å². The fourth-order valence-electron chi connectivity index (χ4n) is 3.57. The summed E-state index contributed by atoms with van der Waals surface area (Å²) in [6, 6.07) is 13.4. The van der Waals surface area contributed by atoms with E-state index in [1.54, 1.807) is 38.8 Å². The van der Waals surface area contributed by atoms with Crippen molar-refractivity contribution in [2.24, 2.45) is 0 Å². The minimum absolute atomic E-state index is 0.0715. The number of para-hydroxylation sites is 1. The van der Waals surface area contributed by atoms with Gasteiger partial charge in [-0.1, -0.05) is 30.3 Å². The Bertz CT molecular complexity index is 1310. The second kappa shape index (κ2) is 9.78. The van der Waals surface area contributed by atoms with Gasteiger partial charge in [0, 0.05) is 0 Å². The number of aromatic nitrogens is 4. The maximum atomic E-state index is 12.7. The Morgan fingerprint density at radius 2 is 1.82 bits per heavy atom. The number of ether oxygens (including phenoxy) is 3. The first-order valence-corrected chi connectivity index (χ1v) is 10.8. The average Bonchev–Trinajstić information content (AvgIpc) is 3.44. The quantitative estimate of drug-likeness (QED) is 0.353. The Morgan fingerprint density at radius 1 is 1.06 bits per heavy atom. The monoisotopic (exact) mass is 462 g/mol. The van der Waals surface area contributed by atoms with Crippen LogP contribution < -0.4 is 9.47 Å². The van der Waals surface area contributed by atoms with Gasteiger partial charge in [-0.3, -0.25) is 0 Å². The predicted molar refractivity (Wildman–Crippen MR) is 124 cm³/mol. The Hall–Kier alpha value is -4.14. The molecule has 0 amide bonds. The van der Waals surface area contributed by atoms with E-state index in [2.05, 4.69) is 22.2 Å². The van der Waals surface area contributed by atoms with E-state index >= 15 is 0 Å². The molecule has 34 heavy (non-hydrogen) atoms. The van der Waals surface area contributed by atoms with E-state index in [0.717, 1.165) is 12.1 Å². The molecule has 0 aliphatic carbocycles. The summed E-state index contributed by atoms with van der Waals surface area (Å²) in [5.74, 6) is 1.36. The number of hydrogen-bond donors (Lipinski definition) is 0. The molecule has 0 unspecified atom stereocenters. The van der Waals surface area contributed by atoms with Crippen molar-refractivity contribution in [1.29, 1.82) is 0 Å². The van der Waals surface area contributed by atoms with Crippen LogP contribution in [0.2, 0.25) is 0 Å². The van der Waals surface area contributed by atoms with Crippen molar-refractivity contribution < 1.29 is 23.4 Å². The van der Waals surface area contributed by atoms with Crippen molar-refractivity contribution in [2.75, 3.05) is 14.2 Å². The molecule has 0 spiro atoms. The van der Waals surface area contributed by atoms with E-state index in [4.69, 9.17) is 18.6 Å². The van der Waals surface area contributed by atoms with Gasteiger partial charge in [-0.2, -0.15) is 0 Å². The maximum absolute atomic E-state index is 12.7. The molecule has 0 aliphatic heterocycles. The third-order valence-electron chi connectivity index (χ3n) is 5.54. The second-order valence-electron chi connectivity index (χ2n) is 7.59. The molecule has 0 atom stereocenters. The van der Waals surface area contributed by atoms with Crippen molar-refractivity contribution in [3.05, 3.63) is 70.9 Å². The van der Waals surface area contributed by atoms with E-state index in [-0.39, 0.29) is 12.3 Å². The number of benzene rings is 2. The van der Waals surface area contributed by atoms with E-state index in [1.165, 1.54) is 5.56 Å². The zero-order valence-electron chi connectivity index (χ0n) is 19.8. The lowest BCUT2D eigenvalue weighted by Crippen LogP contribution is -2.09. The van der Waals surface area contributed by atoms with Crippen LogP contribution in [0, 0.1) is 13.8 Å². The molecular formula is C25H26N4O5. The summed E-state index contributed by atoms with van der Waals surface area (Å²) in [5.41, 5.74) is 3.91. The topological polar surface area (TPSA) is 102 Å². The predicted octanol–water partition coefficient (Wildman–Crippen LogP) is 4.48. The number of carbonyl (C=O) groups is 1. The van der Waals surface area contributed by atoms with Gasteiger partial charge in [0.1, 0.15) is 18.1 Å². The lowest BCUT2D eigenvalue weighted by atomic mass is 10.1. The molecule has 4 aromatic rings. The zero-order valence-corrected chi connectivity index (χ0v) is 19.8. The SMILES string of the molecule is CCc1ccc(-n2nnc(C(=O)OCc3nc(-c4cccc(OC)c4OC)oc3C)c2C)cc1. The maximum Gasteiger partial charge on any atom is 0.361 e. The average molecular weight is 463 g/mol. The highest BCUT2D eigenvalue weighted by Gasteiger charge is 2.22. The number of rotatable bonds is 8. The molecule has 0 bridgehead atoms. The van der Waals surface area contributed by atoms with Gasteiger partial charge in [-0.15, -0.1) is 5.10 Å². The van der Waals surface area contributed by atoms with Crippen LogP contribution in [0.1, 0.15) is 40.1 Å². The summed E-state index contributed by atoms with van der Waals surface area (Å²) in [5, 5.41) is 8.15. The molecule has 0 saturated heterocycles. The molecule has 2 aromatic carbocycles. The van der Waals surface area contributed by atoms with Crippen molar-refractivity contribution in [1.82, 2.24) is 20.0 Å². The van der Waals surface area contributed by atoms with E-state index in [1.807, 2.05) is 36.4 Å². The lowest BCUT2D eigenvalue weighted by Gasteiger charge is -2.09. The van der Waals surface area contributed by atoms with Gasteiger partial charge >= 0.3 is 5.97 Å². The number of nitrogens with zero attached hydrogens (tertiary/aromatic N) is 4. The highest BCUT2D eigenvalue weighted by atomic mass is 16.5. The molecule has 0 N–H and O–H groups in total. The molecule has 0 radical (unpaired) electrons. The van der Waals surface area contributed by atoms with Crippen LogP contribution >= 0.6 is 0 Å². The molecule has 0 saturated carbocycles. The van der Waals surface area contributed by atoms with Crippen LogP contribution in [-0.4, -0.2) is 40.2 Å². The van der Waals surface area contributed by atoms with Crippen LogP contribution in [-0.2, 0) is 17.8 Å². The van der Waals surface area contributed by atoms with Gasteiger partial charge in [0.05, 0.1) is 31.2 Å². The van der Waals surface area contributed by atoms with Crippen LogP contribution in [0.25, 0.3) is 17.1 Å². The highest BCUT2D eigenvalue weighted by Crippen LogP contribution is 2.38. The first-order valence-electron chi connectivity index (χ1n) is 10.8. The minimum Gasteiger partial charge on any atom is -0.493 e. The molecule has 2 heterocycles. The van der Waals surface area contributed by atoms with Gasteiger partial charge in [-0.05, 0) is 50.1 Å². The van der Waals surface area contributed by atoms with Crippen molar-refractivity contribution in [2.45, 2.75) is 33.8 Å². The third-order valence-corrected chi connectivity index (χ3v) is 5.54. The first-order chi connectivity index (χ1) is 16.5. The van der Waals surface area contributed by atoms with Crippen molar-refractivity contribution in [3.8, 4) is 28.6 Å². The summed E-state index contributed by atoms with van der Waals surface area (Å²) >= 11 is 0. The van der Waals surface area contributed by atoms with Crippen LogP contribution in [0.4, 0.5) is 0 Å². The normalized spacial score (nSPS) is 10.9. The molecule has 0 fully saturated rings. The standard InChI is InChI=1S/C25H26N4O5/c1-6-17-10-12-18(13-11-17)29-15(2)22(27-28-29)25(30)33-14-20-16(3)34-24(26-20)19-8-7-9-21(31-4)23(19)32-5/h7-13H,6,14H2,1-5H3. The van der Waals surface area contributed by atoms with E-state index < -0.39 is 5.97 Å². The van der Waals surface area contributed by atoms with Gasteiger partial charge in [0.25, 0.3) is 0 Å². The number of hydrogen-bond acceptors (Lipinski definition) is 8. The Labute approximate surface area is 197 Å². The molecule has 9 nitrogen and oxygen atoms in total. The fourth-order valence-corrected chi connectivity index (χ4v) is 3.57. The lowest BCUT2D eigenvalue weighted by molar-refractivity contribution is 0.0459. The van der Waals surface area contributed by atoms with Crippen molar-refractivity contribution >= 4 is 5.97 Å². The van der Waals surface area contributed by atoms with Crippen LogP contribution in [0.15, 0.2) is 46.9 Å². The van der Waals surface area contributed by atoms with Gasteiger partial charge in [-0.25, -0.2) is 14.5 Å². The Kier molecular flexibility index (Phi) is 6.62.